The van der Waals surface area contributed by atoms with E-state index in [2.05, 4.69) is 21.2 Å². The van der Waals surface area contributed by atoms with Crippen molar-refractivity contribution in [2.24, 2.45) is 0 Å². The second-order valence-corrected chi connectivity index (χ2v) is 6.15. The monoisotopic (exact) mass is 411 g/mol. The summed E-state index contributed by atoms with van der Waals surface area (Å²) < 4.78 is 10.7. The van der Waals surface area contributed by atoms with Crippen LogP contribution in [-0.2, 0) is 9.53 Å². The van der Waals surface area contributed by atoms with Gasteiger partial charge in [0, 0.05) is 10.7 Å². The fourth-order valence-corrected chi connectivity index (χ4v) is 2.65. The molecule has 1 N–H and O–H groups in total. The molecule has 0 heterocycles. The highest BCUT2D eigenvalue weighted by atomic mass is 79.9. The molecule has 0 aliphatic carbocycles. The molecule has 126 valence electrons. The van der Waals surface area contributed by atoms with Crippen LogP contribution in [0.5, 0.6) is 5.75 Å². The Bertz CT molecular complexity index is 779. The molecule has 0 fully saturated rings. The van der Waals surface area contributed by atoms with Crippen molar-refractivity contribution in [3.63, 3.8) is 0 Å². The minimum absolute atomic E-state index is 0.314. The van der Waals surface area contributed by atoms with Gasteiger partial charge in [0.2, 0.25) is 0 Å². The number of nitrogens with one attached hydrogen (secondary N) is 1. The van der Waals surface area contributed by atoms with E-state index in [1.54, 1.807) is 43.3 Å². The molecule has 2 aromatic rings. The number of methoxy groups -OCH3 is 1. The topological polar surface area (TPSA) is 64.6 Å². The lowest BCUT2D eigenvalue weighted by Gasteiger charge is -2.10. The van der Waals surface area contributed by atoms with Crippen LogP contribution in [0.3, 0.4) is 0 Å². The molecular weight excluding hydrogens is 398 g/mol. The van der Waals surface area contributed by atoms with Gasteiger partial charge in [-0.1, -0.05) is 17.7 Å². The van der Waals surface area contributed by atoms with E-state index < -0.39 is 18.5 Å². The number of carbonyl (C=O) groups excluding carboxylic acids is 2. The molecule has 2 aromatic carbocycles. The average molecular weight is 413 g/mol. The van der Waals surface area contributed by atoms with Crippen molar-refractivity contribution in [3.05, 3.63) is 57.0 Å². The van der Waals surface area contributed by atoms with Gasteiger partial charge in [-0.05, 0) is 58.7 Å². The zero-order valence-electron chi connectivity index (χ0n) is 13.1. The number of halogens is 2. The van der Waals surface area contributed by atoms with Crippen LogP contribution in [0.2, 0.25) is 5.02 Å². The second kappa shape index (κ2) is 8.17. The Balaban J connectivity index is 1.95. The smallest absolute Gasteiger partial charge is 0.338 e. The van der Waals surface area contributed by atoms with Gasteiger partial charge >= 0.3 is 5.97 Å². The summed E-state index contributed by atoms with van der Waals surface area (Å²) in [4.78, 5) is 23.9. The number of amides is 1. The molecule has 0 radical (unpaired) electrons. The van der Waals surface area contributed by atoms with E-state index in [9.17, 15) is 9.59 Å². The molecule has 24 heavy (non-hydrogen) atoms. The van der Waals surface area contributed by atoms with Crippen LogP contribution in [0.25, 0.3) is 0 Å². The molecule has 7 heteroatoms. The third kappa shape index (κ3) is 4.49. The number of benzene rings is 2. The van der Waals surface area contributed by atoms with E-state index in [-0.39, 0.29) is 0 Å². The van der Waals surface area contributed by atoms with Crippen LogP contribution in [0.15, 0.2) is 40.9 Å². The van der Waals surface area contributed by atoms with E-state index in [4.69, 9.17) is 21.1 Å². The molecule has 0 atom stereocenters. The van der Waals surface area contributed by atoms with Crippen molar-refractivity contribution < 1.29 is 19.1 Å². The lowest BCUT2D eigenvalue weighted by molar-refractivity contribution is -0.119. The summed E-state index contributed by atoms with van der Waals surface area (Å²) in [5.74, 6) is -0.446. The molecule has 0 bridgehead atoms. The molecule has 0 aromatic heterocycles. The fraction of sp³-hybridized carbons (Fsp3) is 0.176. The highest BCUT2D eigenvalue weighted by Crippen LogP contribution is 2.26. The number of hydrogen-bond donors (Lipinski definition) is 1. The molecule has 2 rings (SSSR count). The Kier molecular flexibility index (Phi) is 6.23. The van der Waals surface area contributed by atoms with Crippen LogP contribution in [-0.4, -0.2) is 25.6 Å². The molecule has 1 amide bonds. The summed E-state index contributed by atoms with van der Waals surface area (Å²) in [6.45, 7) is 1.40. The van der Waals surface area contributed by atoms with Gasteiger partial charge in [-0.2, -0.15) is 0 Å². The minimum atomic E-state index is -0.601. The highest BCUT2D eigenvalue weighted by molar-refractivity contribution is 9.10. The Morgan fingerprint density at radius 3 is 2.67 bits per heavy atom. The number of rotatable bonds is 5. The van der Waals surface area contributed by atoms with Gasteiger partial charge in [0.05, 0.1) is 17.1 Å². The van der Waals surface area contributed by atoms with Gasteiger partial charge in [0.25, 0.3) is 5.91 Å². The van der Waals surface area contributed by atoms with Crippen molar-refractivity contribution in [2.75, 3.05) is 19.0 Å². The Hall–Kier alpha value is -2.05. The SMILES string of the molecule is COc1ccc(C(=O)OCC(=O)Nc2cccc(Cl)c2C)cc1Br. The number of hydrogen-bond acceptors (Lipinski definition) is 4. The lowest BCUT2D eigenvalue weighted by Crippen LogP contribution is -2.21. The normalized spacial score (nSPS) is 10.2. The Morgan fingerprint density at radius 2 is 2.00 bits per heavy atom. The first-order chi connectivity index (χ1) is 11.4. The number of anilines is 1. The fourth-order valence-electron chi connectivity index (χ4n) is 1.94. The van der Waals surface area contributed by atoms with Gasteiger partial charge in [-0.25, -0.2) is 4.79 Å². The maximum atomic E-state index is 12.0. The molecule has 0 spiro atoms. The second-order valence-electron chi connectivity index (χ2n) is 4.89. The van der Waals surface area contributed by atoms with Crippen LogP contribution in [0.1, 0.15) is 15.9 Å². The van der Waals surface area contributed by atoms with Gasteiger partial charge in [0.1, 0.15) is 5.75 Å². The number of carbonyl (C=O) groups is 2. The van der Waals surface area contributed by atoms with Crippen LogP contribution >= 0.6 is 27.5 Å². The standard InChI is InChI=1S/C17H15BrClNO4/c1-10-13(19)4-3-5-14(10)20-16(21)9-24-17(22)11-6-7-15(23-2)12(18)8-11/h3-8H,9H2,1-2H3,(H,20,21). The summed E-state index contributed by atoms with van der Waals surface area (Å²) in [7, 11) is 1.53. The number of esters is 1. The molecule has 0 saturated carbocycles. The van der Waals surface area contributed by atoms with Gasteiger partial charge in [-0.3, -0.25) is 4.79 Å². The molecule has 0 saturated heterocycles. The van der Waals surface area contributed by atoms with Crippen LogP contribution < -0.4 is 10.1 Å². The quantitative estimate of drug-likeness (QED) is 0.747. The van der Waals surface area contributed by atoms with E-state index >= 15 is 0 Å². The average Bonchev–Trinajstić information content (AvgIpc) is 2.56. The van der Waals surface area contributed by atoms with Crippen LogP contribution in [0.4, 0.5) is 5.69 Å². The third-order valence-electron chi connectivity index (χ3n) is 3.26. The largest absolute Gasteiger partial charge is 0.496 e. The van der Waals surface area contributed by atoms with E-state index in [1.807, 2.05) is 0 Å². The highest BCUT2D eigenvalue weighted by Gasteiger charge is 2.13. The number of ether oxygens (including phenoxy) is 2. The van der Waals surface area contributed by atoms with Crippen molar-refractivity contribution in [3.8, 4) is 5.75 Å². The molecule has 0 unspecified atom stereocenters. The summed E-state index contributed by atoms with van der Waals surface area (Å²) >= 11 is 9.28. The Morgan fingerprint density at radius 1 is 1.25 bits per heavy atom. The minimum Gasteiger partial charge on any atom is -0.496 e. The van der Waals surface area contributed by atoms with Crippen molar-refractivity contribution >= 4 is 45.1 Å². The van der Waals surface area contributed by atoms with E-state index in [0.717, 1.165) is 5.56 Å². The summed E-state index contributed by atoms with van der Waals surface area (Å²) in [6.07, 6.45) is 0. The zero-order valence-corrected chi connectivity index (χ0v) is 15.4. The van der Waals surface area contributed by atoms with Gasteiger partial charge in [-0.15, -0.1) is 0 Å². The lowest BCUT2D eigenvalue weighted by atomic mass is 10.2. The van der Waals surface area contributed by atoms with Gasteiger partial charge in [0.15, 0.2) is 6.61 Å². The van der Waals surface area contributed by atoms with Crippen molar-refractivity contribution in [2.45, 2.75) is 6.92 Å². The van der Waals surface area contributed by atoms with Crippen LogP contribution in [0, 0.1) is 6.92 Å². The predicted molar refractivity (Wildman–Crippen MR) is 95.8 cm³/mol. The van der Waals surface area contributed by atoms with E-state index in [1.165, 1.54) is 7.11 Å². The first kappa shape index (κ1) is 18.3. The summed E-state index contributed by atoms with van der Waals surface area (Å²) in [5, 5.41) is 3.21. The summed E-state index contributed by atoms with van der Waals surface area (Å²) in [6, 6.07) is 9.95. The first-order valence-corrected chi connectivity index (χ1v) is 8.15. The molecular formula is C17H15BrClNO4. The first-order valence-electron chi connectivity index (χ1n) is 6.98. The van der Waals surface area contributed by atoms with Crippen molar-refractivity contribution in [1.82, 2.24) is 0 Å². The summed E-state index contributed by atoms with van der Waals surface area (Å²) in [5.41, 5.74) is 1.64. The van der Waals surface area contributed by atoms with Gasteiger partial charge < -0.3 is 14.8 Å². The molecule has 0 aliphatic rings. The predicted octanol–water partition coefficient (Wildman–Crippen LogP) is 4.22. The van der Waals surface area contributed by atoms with Crippen molar-refractivity contribution in [1.29, 1.82) is 0 Å². The molecule has 5 nitrogen and oxygen atoms in total. The third-order valence-corrected chi connectivity index (χ3v) is 4.29. The Labute approximate surface area is 153 Å². The maximum absolute atomic E-state index is 12.0. The maximum Gasteiger partial charge on any atom is 0.338 e. The molecule has 0 aliphatic heterocycles. The van der Waals surface area contributed by atoms with E-state index in [0.29, 0.717) is 26.5 Å². The zero-order chi connectivity index (χ0) is 17.7.